The summed E-state index contributed by atoms with van der Waals surface area (Å²) in [4.78, 5) is 0. The van der Waals surface area contributed by atoms with Crippen LogP contribution in [0.3, 0.4) is 0 Å². The van der Waals surface area contributed by atoms with Gasteiger partial charge in [-0.3, -0.25) is 0 Å². The smallest absolute Gasteiger partial charge is 0.110 e. The normalized spacial score (nSPS) is 22.7. The predicted molar refractivity (Wildman–Crippen MR) is 69.6 cm³/mol. The second-order valence-corrected chi connectivity index (χ2v) is 4.65. The zero-order valence-corrected chi connectivity index (χ0v) is 10.8. The molecule has 4 nitrogen and oxygen atoms in total. The van der Waals surface area contributed by atoms with Crippen molar-refractivity contribution >= 4 is 5.69 Å². The molecule has 0 bridgehead atoms. The van der Waals surface area contributed by atoms with Crippen LogP contribution in [-0.4, -0.2) is 32.5 Å². The number of aryl methyl sites for hydroxylation is 1. The Labute approximate surface area is 108 Å². The van der Waals surface area contributed by atoms with E-state index < -0.39 is 0 Å². The number of hydrogen-bond donors (Lipinski definition) is 1. The highest BCUT2D eigenvalue weighted by atomic mass is 16.5. The molecule has 0 aliphatic carbocycles. The van der Waals surface area contributed by atoms with Crippen LogP contribution in [0.2, 0.25) is 0 Å². The first kappa shape index (κ1) is 12.9. The van der Waals surface area contributed by atoms with E-state index in [1.165, 1.54) is 0 Å². The lowest BCUT2D eigenvalue weighted by atomic mass is 10.0. The first-order valence-electron chi connectivity index (χ1n) is 6.07. The molecule has 1 aliphatic rings. The lowest BCUT2D eigenvalue weighted by Gasteiger charge is -2.27. The van der Waals surface area contributed by atoms with Crippen LogP contribution >= 0.6 is 0 Å². The molecule has 1 atom stereocenters. The standard InChI is InChI=1S/C14H18N2O2/c1-11-4-3-5-12(8-15)13(11)16-9-14(17-2)6-7-18-10-14/h3-5,16H,6-7,9-10H2,1-2H3. The Balaban J connectivity index is 2.13. The molecule has 1 aromatic carbocycles. The second-order valence-electron chi connectivity index (χ2n) is 4.65. The zero-order chi connectivity index (χ0) is 13.0. The molecular weight excluding hydrogens is 228 g/mol. The molecule has 4 heteroatoms. The summed E-state index contributed by atoms with van der Waals surface area (Å²) in [6.07, 6.45) is 0.879. The molecule has 1 saturated heterocycles. The summed E-state index contributed by atoms with van der Waals surface area (Å²) in [5.74, 6) is 0. The summed E-state index contributed by atoms with van der Waals surface area (Å²) in [6.45, 7) is 3.98. The van der Waals surface area contributed by atoms with Crippen LogP contribution < -0.4 is 5.32 Å². The number of nitrogens with one attached hydrogen (secondary N) is 1. The van der Waals surface area contributed by atoms with Gasteiger partial charge >= 0.3 is 0 Å². The van der Waals surface area contributed by atoms with Gasteiger partial charge in [0.15, 0.2) is 0 Å². The summed E-state index contributed by atoms with van der Waals surface area (Å²) >= 11 is 0. The third-order valence-electron chi connectivity index (χ3n) is 3.48. The number of para-hydroxylation sites is 1. The van der Waals surface area contributed by atoms with Crippen LogP contribution in [0.15, 0.2) is 18.2 Å². The third-order valence-corrected chi connectivity index (χ3v) is 3.48. The molecule has 1 unspecified atom stereocenters. The molecule has 1 heterocycles. The molecule has 1 N–H and O–H groups in total. The summed E-state index contributed by atoms with van der Waals surface area (Å²) < 4.78 is 11.0. The van der Waals surface area contributed by atoms with E-state index in [-0.39, 0.29) is 5.60 Å². The number of benzene rings is 1. The predicted octanol–water partition coefficient (Wildman–Crippen LogP) is 2.08. The van der Waals surface area contributed by atoms with Gasteiger partial charge in [-0.25, -0.2) is 0 Å². The molecule has 0 saturated carbocycles. The summed E-state index contributed by atoms with van der Waals surface area (Å²) in [6, 6.07) is 7.91. The van der Waals surface area contributed by atoms with Crippen molar-refractivity contribution in [2.24, 2.45) is 0 Å². The number of anilines is 1. The van der Waals surface area contributed by atoms with Gasteiger partial charge in [0.2, 0.25) is 0 Å². The van der Waals surface area contributed by atoms with Gasteiger partial charge in [-0.05, 0) is 18.6 Å². The maximum absolute atomic E-state index is 9.11. The van der Waals surface area contributed by atoms with E-state index in [4.69, 9.17) is 14.7 Å². The van der Waals surface area contributed by atoms with E-state index in [9.17, 15) is 0 Å². The molecule has 96 valence electrons. The molecule has 18 heavy (non-hydrogen) atoms. The quantitative estimate of drug-likeness (QED) is 0.883. The van der Waals surface area contributed by atoms with Crippen LogP contribution in [0, 0.1) is 18.3 Å². The number of rotatable bonds is 4. The molecule has 1 fully saturated rings. The molecule has 1 aliphatic heterocycles. The van der Waals surface area contributed by atoms with Gasteiger partial charge in [0.1, 0.15) is 11.7 Å². The average molecular weight is 246 g/mol. The minimum absolute atomic E-state index is 0.269. The fraction of sp³-hybridized carbons (Fsp3) is 0.500. The molecule has 0 aromatic heterocycles. The highest BCUT2D eigenvalue weighted by Gasteiger charge is 2.34. The Morgan fingerprint density at radius 3 is 3.00 bits per heavy atom. The summed E-state index contributed by atoms with van der Waals surface area (Å²) in [7, 11) is 1.71. The molecular formula is C14H18N2O2. The van der Waals surface area contributed by atoms with Crippen molar-refractivity contribution in [2.75, 3.05) is 32.2 Å². The van der Waals surface area contributed by atoms with Crippen molar-refractivity contribution in [3.05, 3.63) is 29.3 Å². The monoisotopic (exact) mass is 246 g/mol. The van der Waals surface area contributed by atoms with Gasteiger partial charge in [0, 0.05) is 26.7 Å². The first-order chi connectivity index (χ1) is 8.71. The second kappa shape index (κ2) is 5.38. The number of nitrogens with zero attached hydrogens (tertiary/aromatic N) is 1. The number of methoxy groups -OCH3 is 1. The fourth-order valence-electron chi connectivity index (χ4n) is 2.21. The SMILES string of the molecule is COC1(CNc2c(C)cccc2C#N)CCOC1. The van der Waals surface area contributed by atoms with Crippen LogP contribution in [0.25, 0.3) is 0 Å². The van der Waals surface area contributed by atoms with Crippen LogP contribution in [-0.2, 0) is 9.47 Å². The Morgan fingerprint density at radius 1 is 1.56 bits per heavy atom. The van der Waals surface area contributed by atoms with E-state index in [2.05, 4.69) is 11.4 Å². The summed E-state index contributed by atoms with van der Waals surface area (Å²) in [5, 5.41) is 12.4. The van der Waals surface area contributed by atoms with E-state index >= 15 is 0 Å². The Hall–Kier alpha value is -1.57. The van der Waals surface area contributed by atoms with Crippen molar-refractivity contribution in [3.8, 4) is 6.07 Å². The highest BCUT2D eigenvalue weighted by Crippen LogP contribution is 2.25. The highest BCUT2D eigenvalue weighted by molar-refractivity contribution is 5.62. The zero-order valence-electron chi connectivity index (χ0n) is 10.8. The van der Waals surface area contributed by atoms with Gasteiger partial charge in [-0.1, -0.05) is 12.1 Å². The number of hydrogen-bond acceptors (Lipinski definition) is 4. The molecule has 0 spiro atoms. The fourth-order valence-corrected chi connectivity index (χ4v) is 2.21. The Kier molecular flexibility index (Phi) is 3.85. The molecule has 0 radical (unpaired) electrons. The largest absolute Gasteiger partial charge is 0.381 e. The van der Waals surface area contributed by atoms with Gasteiger partial charge in [0.05, 0.1) is 17.9 Å². The van der Waals surface area contributed by atoms with Crippen molar-refractivity contribution in [1.82, 2.24) is 0 Å². The third kappa shape index (κ3) is 2.47. The van der Waals surface area contributed by atoms with Crippen molar-refractivity contribution in [1.29, 1.82) is 5.26 Å². The first-order valence-corrected chi connectivity index (χ1v) is 6.07. The average Bonchev–Trinajstić information content (AvgIpc) is 2.86. The number of nitriles is 1. The molecule has 0 amide bonds. The lowest BCUT2D eigenvalue weighted by Crippen LogP contribution is -2.39. The maximum Gasteiger partial charge on any atom is 0.110 e. The van der Waals surface area contributed by atoms with Gasteiger partial charge in [-0.15, -0.1) is 0 Å². The minimum Gasteiger partial charge on any atom is -0.381 e. The van der Waals surface area contributed by atoms with Gasteiger partial charge < -0.3 is 14.8 Å². The van der Waals surface area contributed by atoms with E-state index in [0.29, 0.717) is 18.7 Å². The summed E-state index contributed by atoms with van der Waals surface area (Å²) in [5.41, 5.74) is 2.36. The van der Waals surface area contributed by atoms with Crippen LogP contribution in [0.5, 0.6) is 0 Å². The van der Waals surface area contributed by atoms with Crippen molar-refractivity contribution < 1.29 is 9.47 Å². The number of ether oxygens (including phenoxy) is 2. The topological polar surface area (TPSA) is 54.3 Å². The maximum atomic E-state index is 9.11. The van der Waals surface area contributed by atoms with E-state index in [1.807, 2.05) is 25.1 Å². The lowest BCUT2D eigenvalue weighted by molar-refractivity contribution is -0.00620. The van der Waals surface area contributed by atoms with Crippen LogP contribution in [0.1, 0.15) is 17.5 Å². The molecule has 1 aromatic rings. The van der Waals surface area contributed by atoms with Crippen molar-refractivity contribution in [3.63, 3.8) is 0 Å². The molecule has 2 rings (SSSR count). The Morgan fingerprint density at radius 2 is 2.39 bits per heavy atom. The van der Waals surface area contributed by atoms with Gasteiger partial charge in [-0.2, -0.15) is 5.26 Å². The van der Waals surface area contributed by atoms with E-state index in [0.717, 1.165) is 24.3 Å². The van der Waals surface area contributed by atoms with Crippen molar-refractivity contribution in [2.45, 2.75) is 18.9 Å². The minimum atomic E-state index is -0.269. The van der Waals surface area contributed by atoms with Crippen LogP contribution in [0.4, 0.5) is 5.69 Å². The van der Waals surface area contributed by atoms with Gasteiger partial charge in [0.25, 0.3) is 0 Å². The Bertz CT molecular complexity index is 459. The van der Waals surface area contributed by atoms with E-state index in [1.54, 1.807) is 7.11 Å².